The molecule has 0 unspecified atom stereocenters. The lowest BCUT2D eigenvalue weighted by molar-refractivity contribution is -0.116. The van der Waals surface area contributed by atoms with Crippen LogP contribution < -0.4 is 15.8 Å². The second-order valence-corrected chi connectivity index (χ2v) is 8.93. The van der Waals surface area contributed by atoms with Crippen molar-refractivity contribution in [2.24, 2.45) is 0 Å². The third-order valence-corrected chi connectivity index (χ3v) is 6.50. The predicted molar refractivity (Wildman–Crippen MR) is 143 cm³/mol. The van der Waals surface area contributed by atoms with E-state index >= 15 is 0 Å². The van der Waals surface area contributed by atoms with Gasteiger partial charge in [0, 0.05) is 43.9 Å². The van der Waals surface area contributed by atoms with Gasteiger partial charge in [0.15, 0.2) is 0 Å². The number of hydrogen-bond donors (Lipinski definition) is 1. The maximum Gasteiger partial charge on any atom is 0.272 e. The number of ether oxygens (including phenoxy) is 1. The molecule has 3 aromatic carbocycles. The second kappa shape index (κ2) is 11.2. The van der Waals surface area contributed by atoms with Crippen LogP contribution in [-0.4, -0.2) is 41.8 Å². The number of fused-ring (bicyclic) bond motifs is 1. The summed E-state index contributed by atoms with van der Waals surface area (Å²) in [5.74, 6) is -0.140. The number of morpholine rings is 1. The summed E-state index contributed by atoms with van der Waals surface area (Å²) in [6, 6.07) is 25.6. The molecule has 2 heterocycles. The van der Waals surface area contributed by atoms with Crippen molar-refractivity contribution in [2.75, 3.05) is 36.5 Å². The van der Waals surface area contributed by atoms with Crippen LogP contribution in [-0.2, 0) is 28.9 Å². The van der Waals surface area contributed by atoms with Crippen molar-refractivity contribution in [3.63, 3.8) is 0 Å². The maximum absolute atomic E-state index is 13.3. The Bertz CT molecular complexity index is 1380. The molecule has 0 atom stereocenters. The normalized spacial score (nSPS) is 13.6. The van der Waals surface area contributed by atoms with Gasteiger partial charge in [-0.2, -0.15) is 0 Å². The largest absolute Gasteiger partial charge is 0.378 e. The van der Waals surface area contributed by atoms with Crippen molar-refractivity contribution in [3.8, 4) is 0 Å². The summed E-state index contributed by atoms with van der Waals surface area (Å²) >= 11 is 0. The number of aryl methyl sites for hydroxylation is 3. The number of benzene rings is 3. The van der Waals surface area contributed by atoms with Crippen molar-refractivity contribution >= 4 is 28.3 Å². The smallest absolute Gasteiger partial charge is 0.272 e. The Kier molecular flexibility index (Phi) is 7.38. The number of para-hydroxylation sites is 2. The molecule has 4 aromatic rings. The van der Waals surface area contributed by atoms with E-state index in [-0.39, 0.29) is 24.3 Å². The summed E-state index contributed by atoms with van der Waals surface area (Å²) in [4.78, 5) is 32.9. The molecule has 1 fully saturated rings. The summed E-state index contributed by atoms with van der Waals surface area (Å²) in [5, 5.41) is 2.94. The van der Waals surface area contributed by atoms with E-state index < -0.39 is 0 Å². The number of nitrogens with one attached hydrogen (secondary N) is 1. The quantitative estimate of drug-likeness (QED) is 0.410. The third-order valence-electron chi connectivity index (χ3n) is 6.50. The molecule has 0 saturated carbocycles. The van der Waals surface area contributed by atoms with Crippen LogP contribution in [0, 0.1) is 0 Å². The van der Waals surface area contributed by atoms with Gasteiger partial charge in [-0.1, -0.05) is 42.5 Å². The van der Waals surface area contributed by atoms with Gasteiger partial charge in [-0.25, -0.2) is 4.98 Å². The number of carbonyl (C=O) groups excluding carboxylic acids is 1. The molecular formula is C29H30N4O3. The summed E-state index contributed by atoms with van der Waals surface area (Å²) < 4.78 is 7.19. The summed E-state index contributed by atoms with van der Waals surface area (Å²) in [6.45, 7) is 3.76. The van der Waals surface area contributed by atoms with Gasteiger partial charge in [-0.3, -0.25) is 9.59 Å². The number of rotatable bonds is 8. The topological polar surface area (TPSA) is 76.5 Å². The first-order chi connectivity index (χ1) is 17.7. The first-order valence-corrected chi connectivity index (χ1v) is 12.4. The average molecular weight is 483 g/mol. The monoisotopic (exact) mass is 482 g/mol. The molecule has 36 heavy (non-hydrogen) atoms. The molecule has 0 radical (unpaired) electrons. The number of nitrogens with zero attached hydrogens (tertiary/aromatic N) is 3. The molecule has 1 saturated heterocycles. The van der Waals surface area contributed by atoms with Crippen molar-refractivity contribution in [1.82, 2.24) is 9.55 Å². The Morgan fingerprint density at radius 1 is 0.889 bits per heavy atom. The van der Waals surface area contributed by atoms with Crippen molar-refractivity contribution < 1.29 is 9.53 Å². The van der Waals surface area contributed by atoms with Gasteiger partial charge in [0.2, 0.25) is 5.91 Å². The molecular weight excluding hydrogens is 452 g/mol. The van der Waals surface area contributed by atoms with E-state index in [1.165, 1.54) is 5.56 Å². The van der Waals surface area contributed by atoms with Crippen LogP contribution in [0.4, 0.5) is 11.4 Å². The molecule has 0 aliphatic carbocycles. The molecule has 1 N–H and O–H groups in total. The van der Waals surface area contributed by atoms with E-state index in [4.69, 9.17) is 4.74 Å². The van der Waals surface area contributed by atoms with Crippen molar-refractivity contribution in [2.45, 2.75) is 25.8 Å². The van der Waals surface area contributed by atoms with Crippen LogP contribution in [0.1, 0.15) is 17.7 Å². The fourth-order valence-corrected chi connectivity index (χ4v) is 4.55. The zero-order chi connectivity index (χ0) is 24.7. The number of anilines is 2. The molecule has 7 heteroatoms. The minimum atomic E-state index is -0.140. The van der Waals surface area contributed by atoms with Gasteiger partial charge < -0.3 is 19.5 Å². The van der Waals surface area contributed by atoms with Crippen molar-refractivity contribution in [1.29, 1.82) is 0 Å². The molecule has 0 spiro atoms. The zero-order valence-corrected chi connectivity index (χ0v) is 20.2. The van der Waals surface area contributed by atoms with E-state index in [1.807, 2.05) is 66.7 Å². The highest BCUT2D eigenvalue weighted by Crippen LogP contribution is 2.19. The minimum absolute atomic E-state index is 0.132. The highest BCUT2D eigenvalue weighted by Gasteiger charge is 2.14. The summed E-state index contributed by atoms with van der Waals surface area (Å²) in [5.41, 5.74) is 4.89. The Morgan fingerprint density at radius 3 is 2.39 bits per heavy atom. The first kappa shape index (κ1) is 23.8. The van der Waals surface area contributed by atoms with Crippen molar-refractivity contribution in [3.05, 3.63) is 100 Å². The summed E-state index contributed by atoms with van der Waals surface area (Å²) in [6.07, 6.45) is 1.21. The fourth-order valence-electron chi connectivity index (χ4n) is 4.55. The van der Waals surface area contributed by atoms with E-state index in [0.717, 1.165) is 55.1 Å². The van der Waals surface area contributed by atoms with Crippen LogP contribution in [0.15, 0.2) is 83.7 Å². The minimum Gasteiger partial charge on any atom is -0.378 e. The first-order valence-electron chi connectivity index (χ1n) is 12.4. The number of amides is 1. The SMILES string of the molecule is O=C(CCc1nc2ccccc2n(CCc2ccccc2)c1=O)Nc1ccc(N2CCOCC2)cc1. The molecule has 1 aromatic heterocycles. The Hall–Kier alpha value is -3.97. The molecule has 0 bridgehead atoms. The molecule has 7 nitrogen and oxygen atoms in total. The number of aromatic nitrogens is 2. The van der Waals surface area contributed by atoms with Gasteiger partial charge in [0.25, 0.3) is 5.56 Å². The van der Waals surface area contributed by atoms with E-state index in [9.17, 15) is 9.59 Å². The van der Waals surface area contributed by atoms with Crippen LogP contribution in [0.3, 0.4) is 0 Å². The number of carbonyl (C=O) groups is 1. The average Bonchev–Trinajstić information content (AvgIpc) is 2.93. The maximum atomic E-state index is 13.3. The van der Waals surface area contributed by atoms with Gasteiger partial charge in [0.05, 0.1) is 24.2 Å². The van der Waals surface area contributed by atoms with Crippen LogP contribution in [0.25, 0.3) is 11.0 Å². The summed E-state index contributed by atoms with van der Waals surface area (Å²) in [7, 11) is 0. The van der Waals surface area contributed by atoms with Gasteiger partial charge in [-0.15, -0.1) is 0 Å². The van der Waals surface area contributed by atoms with Gasteiger partial charge in [-0.05, 0) is 48.4 Å². The van der Waals surface area contributed by atoms with Crippen LogP contribution in [0.5, 0.6) is 0 Å². The standard InChI is InChI=1S/C29H30N4O3/c34-28(30-23-10-12-24(13-11-23)32-18-20-36-21-19-32)15-14-26-29(35)33(17-16-22-6-2-1-3-7-22)27-9-5-4-8-25(27)31-26/h1-13H,14-21H2,(H,30,34). The van der Waals surface area contributed by atoms with E-state index in [2.05, 4.69) is 27.3 Å². The van der Waals surface area contributed by atoms with E-state index in [0.29, 0.717) is 12.2 Å². The fraction of sp³-hybridized carbons (Fsp3) is 0.276. The lowest BCUT2D eigenvalue weighted by atomic mass is 10.1. The van der Waals surface area contributed by atoms with E-state index in [1.54, 1.807) is 4.57 Å². The molecule has 184 valence electrons. The number of hydrogen-bond acceptors (Lipinski definition) is 5. The zero-order valence-electron chi connectivity index (χ0n) is 20.2. The Balaban J connectivity index is 1.26. The second-order valence-electron chi connectivity index (χ2n) is 8.93. The molecule has 1 amide bonds. The highest BCUT2D eigenvalue weighted by molar-refractivity contribution is 5.91. The Labute approximate surface area is 210 Å². The molecule has 1 aliphatic heterocycles. The van der Waals surface area contributed by atoms with Crippen LogP contribution >= 0.6 is 0 Å². The lowest BCUT2D eigenvalue weighted by Gasteiger charge is -2.28. The van der Waals surface area contributed by atoms with Gasteiger partial charge in [0.1, 0.15) is 5.69 Å². The van der Waals surface area contributed by atoms with Gasteiger partial charge >= 0.3 is 0 Å². The molecule has 5 rings (SSSR count). The third kappa shape index (κ3) is 5.63. The predicted octanol–water partition coefficient (Wildman–Crippen LogP) is 4.05. The molecule has 1 aliphatic rings. The lowest BCUT2D eigenvalue weighted by Crippen LogP contribution is -2.36. The Morgan fingerprint density at radius 2 is 1.61 bits per heavy atom. The highest BCUT2D eigenvalue weighted by atomic mass is 16.5. The van der Waals surface area contributed by atoms with Crippen LogP contribution in [0.2, 0.25) is 0 Å².